The van der Waals surface area contributed by atoms with Gasteiger partial charge < -0.3 is 19.3 Å². The summed E-state index contributed by atoms with van der Waals surface area (Å²) in [4.78, 5) is 23.0. The summed E-state index contributed by atoms with van der Waals surface area (Å²) in [6.45, 7) is 4.14. The van der Waals surface area contributed by atoms with Crippen LogP contribution in [0, 0.1) is 0 Å². The number of rotatable bonds is 8. The van der Waals surface area contributed by atoms with Gasteiger partial charge in [-0.1, -0.05) is 6.07 Å². The highest BCUT2D eigenvalue weighted by molar-refractivity contribution is 5.91. The topological polar surface area (TPSA) is 82.1 Å². The highest BCUT2D eigenvalue weighted by Gasteiger charge is 2.22. The Bertz CT molecular complexity index is 497. The molecule has 6 nitrogen and oxygen atoms in total. The summed E-state index contributed by atoms with van der Waals surface area (Å²) >= 11 is 0. The average Bonchev–Trinajstić information content (AvgIpc) is 2.46. The van der Waals surface area contributed by atoms with Crippen molar-refractivity contribution in [1.29, 1.82) is 0 Å². The first-order chi connectivity index (χ1) is 10.0. The Balaban J connectivity index is 2.95. The zero-order valence-corrected chi connectivity index (χ0v) is 12.4. The Morgan fingerprint density at radius 2 is 1.95 bits per heavy atom. The molecule has 0 fully saturated rings. The Kier molecular flexibility index (Phi) is 6.68. The van der Waals surface area contributed by atoms with Crippen LogP contribution in [0.1, 0.15) is 29.8 Å². The van der Waals surface area contributed by atoms with Crippen LogP contribution in [0.25, 0.3) is 0 Å². The standard InChI is InChI=1S/C15H20O6/c1-4-20-13(15(18)21-5-2)9-10-6-7-12(19-3)11(8-10)14(16)17/h6-8,13H,4-5,9H2,1-3H3,(H,16,17). The third kappa shape index (κ3) is 4.75. The van der Waals surface area contributed by atoms with Crippen molar-refractivity contribution in [3.8, 4) is 5.75 Å². The molecule has 1 aromatic carbocycles. The maximum absolute atomic E-state index is 11.8. The third-order valence-corrected chi connectivity index (χ3v) is 2.83. The highest BCUT2D eigenvalue weighted by Crippen LogP contribution is 2.21. The van der Waals surface area contributed by atoms with E-state index in [1.807, 2.05) is 0 Å². The fraction of sp³-hybridized carbons (Fsp3) is 0.467. The van der Waals surface area contributed by atoms with E-state index < -0.39 is 18.0 Å². The summed E-state index contributed by atoms with van der Waals surface area (Å²) in [7, 11) is 1.41. The number of hydrogen-bond acceptors (Lipinski definition) is 5. The van der Waals surface area contributed by atoms with Crippen LogP contribution < -0.4 is 4.74 Å². The summed E-state index contributed by atoms with van der Waals surface area (Å²) in [6.07, 6.45) is -0.498. The predicted octanol–water partition coefficient (Wildman–Crippen LogP) is 1.90. The van der Waals surface area contributed by atoms with Gasteiger partial charge in [-0.25, -0.2) is 9.59 Å². The number of ether oxygens (including phenoxy) is 3. The molecule has 0 aromatic heterocycles. The van der Waals surface area contributed by atoms with Gasteiger partial charge >= 0.3 is 11.9 Å². The van der Waals surface area contributed by atoms with Gasteiger partial charge in [-0.2, -0.15) is 0 Å². The number of benzene rings is 1. The number of carbonyl (C=O) groups is 2. The number of carboxylic acids is 1. The molecule has 0 spiro atoms. The highest BCUT2D eigenvalue weighted by atomic mass is 16.6. The molecule has 0 bridgehead atoms. The van der Waals surface area contributed by atoms with Crippen molar-refractivity contribution >= 4 is 11.9 Å². The zero-order valence-electron chi connectivity index (χ0n) is 12.4. The molecule has 1 unspecified atom stereocenters. The molecule has 0 saturated carbocycles. The van der Waals surface area contributed by atoms with E-state index in [-0.39, 0.29) is 24.3 Å². The Labute approximate surface area is 123 Å². The van der Waals surface area contributed by atoms with Gasteiger partial charge in [0.1, 0.15) is 11.3 Å². The first-order valence-corrected chi connectivity index (χ1v) is 6.71. The molecule has 6 heteroatoms. The molecular formula is C15H20O6. The molecule has 1 aromatic rings. The molecule has 0 aliphatic carbocycles. The first-order valence-electron chi connectivity index (χ1n) is 6.71. The van der Waals surface area contributed by atoms with Gasteiger partial charge in [0, 0.05) is 13.0 Å². The minimum absolute atomic E-state index is 0.0501. The maximum atomic E-state index is 11.8. The van der Waals surface area contributed by atoms with Gasteiger partial charge in [-0.05, 0) is 31.5 Å². The van der Waals surface area contributed by atoms with Gasteiger partial charge in [0.25, 0.3) is 0 Å². The van der Waals surface area contributed by atoms with Crippen LogP contribution >= 0.6 is 0 Å². The Hall–Kier alpha value is -2.08. The van der Waals surface area contributed by atoms with Crippen LogP contribution in [0.5, 0.6) is 5.75 Å². The number of aromatic carboxylic acids is 1. The Morgan fingerprint density at radius 1 is 1.24 bits per heavy atom. The summed E-state index contributed by atoms with van der Waals surface area (Å²) in [5, 5.41) is 9.15. The molecule has 0 aliphatic heterocycles. The van der Waals surface area contributed by atoms with Crippen molar-refractivity contribution < 1.29 is 28.9 Å². The van der Waals surface area contributed by atoms with E-state index >= 15 is 0 Å². The normalized spacial score (nSPS) is 11.8. The minimum Gasteiger partial charge on any atom is -0.496 e. The lowest BCUT2D eigenvalue weighted by molar-refractivity contribution is -0.156. The first kappa shape index (κ1) is 17.0. The van der Waals surface area contributed by atoms with E-state index in [1.54, 1.807) is 26.0 Å². The number of hydrogen-bond donors (Lipinski definition) is 1. The molecule has 0 amide bonds. The van der Waals surface area contributed by atoms with Crippen molar-refractivity contribution in [2.75, 3.05) is 20.3 Å². The molecule has 21 heavy (non-hydrogen) atoms. The Morgan fingerprint density at radius 3 is 2.48 bits per heavy atom. The largest absolute Gasteiger partial charge is 0.496 e. The number of esters is 1. The van der Waals surface area contributed by atoms with Crippen LogP contribution in [0.3, 0.4) is 0 Å². The number of methoxy groups -OCH3 is 1. The lowest BCUT2D eigenvalue weighted by atomic mass is 10.0. The van der Waals surface area contributed by atoms with Gasteiger partial charge in [0.05, 0.1) is 13.7 Å². The number of carboxylic acid groups (broad SMARTS) is 1. The molecule has 1 N–H and O–H groups in total. The van der Waals surface area contributed by atoms with E-state index in [9.17, 15) is 9.59 Å². The van der Waals surface area contributed by atoms with Crippen LogP contribution in [0.2, 0.25) is 0 Å². The molecule has 0 saturated heterocycles. The fourth-order valence-corrected chi connectivity index (χ4v) is 1.91. The van der Waals surface area contributed by atoms with Crippen LogP contribution in [-0.4, -0.2) is 43.5 Å². The van der Waals surface area contributed by atoms with E-state index in [2.05, 4.69) is 0 Å². The summed E-state index contributed by atoms with van der Waals surface area (Å²) < 4.78 is 15.3. The maximum Gasteiger partial charge on any atom is 0.339 e. The molecule has 116 valence electrons. The van der Waals surface area contributed by atoms with Crippen molar-refractivity contribution in [2.45, 2.75) is 26.4 Å². The van der Waals surface area contributed by atoms with Gasteiger partial charge in [-0.3, -0.25) is 0 Å². The zero-order chi connectivity index (χ0) is 15.8. The SMILES string of the molecule is CCOC(=O)C(Cc1ccc(OC)c(C(=O)O)c1)OCC. The van der Waals surface area contributed by atoms with Crippen molar-refractivity contribution in [2.24, 2.45) is 0 Å². The molecule has 1 rings (SSSR count). The molecule has 1 atom stereocenters. The summed E-state index contributed by atoms with van der Waals surface area (Å²) in [5.41, 5.74) is 0.716. The second-order valence-corrected chi connectivity index (χ2v) is 4.24. The lowest BCUT2D eigenvalue weighted by Gasteiger charge is -2.16. The van der Waals surface area contributed by atoms with Crippen molar-refractivity contribution in [1.82, 2.24) is 0 Å². The van der Waals surface area contributed by atoms with Crippen LogP contribution in [-0.2, 0) is 20.7 Å². The molecular weight excluding hydrogens is 276 g/mol. The van der Waals surface area contributed by atoms with Crippen molar-refractivity contribution in [3.05, 3.63) is 29.3 Å². The third-order valence-electron chi connectivity index (χ3n) is 2.83. The summed E-state index contributed by atoms with van der Waals surface area (Å²) in [5.74, 6) is -1.26. The summed E-state index contributed by atoms with van der Waals surface area (Å²) in [6, 6.07) is 4.75. The van der Waals surface area contributed by atoms with Gasteiger partial charge in [-0.15, -0.1) is 0 Å². The monoisotopic (exact) mass is 296 g/mol. The van der Waals surface area contributed by atoms with E-state index in [1.165, 1.54) is 13.2 Å². The quantitative estimate of drug-likeness (QED) is 0.738. The van der Waals surface area contributed by atoms with Crippen molar-refractivity contribution in [3.63, 3.8) is 0 Å². The predicted molar refractivity (Wildman–Crippen MR) is 75.7 cm³/mol. The number of carbonyl (C=O) groups excluding carboxylic acids is 1. The lowest BCUT2D eigenvalue weighted by Crippen LogP contribution is -2.29. The average molecular weight is 296 g/mol. The molecule has 0 aliphatic rings. The second kappa shape index (κ2) is 8.26. The minimum atomic E-state index is -1.09. The fourth-order valence-electron chi connectivity index (χ4n) is 1.91. The van der Waals surface area contributed by atoms with E-state index in [0.717, 1.165) is 0 Å². The van der Waals surface area contributed by atoms with E-state index in [4.69, 9.17) is 19.3 Å². The molecule has 0 heterocycles. The second-order valence-electron chi connectivity index (χ2n) is 4.24. The van der Waals surface area contributed by atoms with Crippen LogP contribution in [0.15, 0.2) is 18.2 Å². The molecule has 0 radical (unpaired) electrons. The van der Waals surface area contributed by atoms with Crippen LogP contribution in [0.4, 0.5) is 0 Å². The van der Waals surface area contributed by atoms with Gasteiger partial charge in [0.2, 0.25) is 0 Å². The smallest absolute Gasteiger partial charge is 0.339 e. The van der Waals surface area contributed by atoms with E-state index in [0.29, 0.717) is 12.2 Å². The van der Waals surface area contributed by atoms with Gasteiger partial charge in [0.15, 0.2) is 6.10 Å².